The average molecular weight is 892 g/mol. The molecular formula is C49H57N5O9S. The summed E-state index contributed by atoms with van der Waals surface area (Å²) < 4.78 is 46.8. The van der Waals surface area contributed by atoms with Gasteiger partial charge in [0.1, 0.15) is 35.2 Å². The first-order valence-electron chi connectivity index (χ1n) is 22.0. The standard InChI is InChI=1S/C49H57N5O9S/c1-6-34-29-49(34,46(58)53-64(59,60)48(21-22-48)28-31-13-9-7-10-14-31)52-44(56)40-26-36(30-54(40)45(57)42(47(2,3)4)51-43(55)33-19-23-62-24-20-33)63-41-27-38(32-15-11-8-12-16-32)50-39-25-35(61-5)17-18-37(39)41/h6-18,25,27,33-34,36,40,42H,1,19-24,26,28-30H2,2-5H3,(H,51,55)(H,52,56)(H,53,58)/t34-,36+,40-,42+,49-/m0/s1. The number of hydrogen-bond donors (Lipinski definition) is 3. The van der Waals surface area contributed by atoms with E-state index in [2.05, 4.69) is 21.9 Å². The molecule has 3 aromatic carbocycles. The predicted octanol–water partition coefficient (Wildman–Crippen LogP) is 5.50. The number of pyridine rings is 1. The van der Waals surface area contributed by atoms with E-state index in [9.17, 15) is 27.6 Å². The van der Waals surface area contributed by atoms with Gasteiger partial charge in [0, 0.05) is 54.6 Å². The van der Waals surface area contributed by atoms with Crippen molar-refractivity contribution in [2.24, 2.45) is 17.3 Å². The van der Waals surface area contributed by atoms with Crippen molar-refractivity contribution in [2.75, 3.05) is 26.9 Å². The van der Waals surface area contributed by atoms with Gasteiger partial charge in [0.2, 0.25) is 27.7 Å². The van der Waals surface area contributed by atoms with E-state index in [-0.39, 0.29) is 37.6 Å². The van der Waals surface area contributed by atoms with Gasteiger partial charge in [-0.25, -0.2) is 13.4 Å². The fraction of sp³-hybridized carbons (Fsp3) is 0.449. The second kappa shape index (κ2) is 17.6. The van der Waals surface area contributed by atoms with E-state index in [1.165, 1.54) is 11.0 Å². The molecule has 3 heterocycles. The smallest absolute Gasteiger partial charge is 0.259 e. The van der Waals surface area contributed by atoms with Crippen LogP contribution >= 0.6 is 0 Å². The van der Waals surface area contributed by atoms with Crippen LogP contribution in [-0.2, 0) is 40.4 Å². The number of amides is 4. The summed E-state index contributed by atoms with van der Waals surface area (Å²) in [5, 5.41) is 6.62. The van der Waals surface area contributed by atoms with Crippen molar-refractivity contribution in [3.05, 3.63) is 103 Å². The summed E-state index contributed by atoms with van der Waals surface area (Å²) in [7, 11) is -2.59. The van der Waals surface area contributed by atoms with Gasteiger partial charge in [-0.15, -0.1) is 6.58 Å². The zero-order valence-electron chi connectivity index (χ0n) is 36.8. The first-order chi connectivity index (χ1) is 30.6. The molecule has 4 fully saturated rings. The summed E-state index contributed by atoms with van der Waals surface area (Å²) in [6.07, 6.45) is 3.02. The number of methoxy groups -OCH3 is 1. The molecule has 0 spiro atoms. The van der Waals surface area contributed by atoms with E-state index in [1.54, 1.807) is 13.2 Å². The molecule has 14 nitrogen and oxygen atoms in total. The average Bonchev–Trinajstić information content (AvgIpc) is 4.19. The number of ether oxygens (including phenoxy) is 3. The Hall–Kier alpha value is -5.80. The van der Waals surface area contributed by atoms with Crippen molar-refractivity contribution in [1.29, 1.82) is 0 Å². The van der Waals surface area contributed by atoms with E-state index in [0.29, 0.717) is 67.0 Å². The van der Waals surface area contributed by atoms with Gasteiger partial charge in [-0.2, -0.15) is 0 Å². The molecule has 15 heteroatoms. The van der Waals surface area contributed by atoms with E-state index in [4.69, 9.17) is 19.2 Å². The molecule has 0 unspecified atom stereocenters. The van der Waals surface area contributed by atoms with E-state index in [0.717, 1.165) is 11.1 Å². The van der Waals surface area contributed by atoms with Crippen molar-refractivity contribution in [3.63, 3.8) is 0 Å². The molecule has 5 atom stereocenters. The molecule has 338 valence electrons. The van der Waals surface area contributed by atoms with Crippen LogP contribution in [0.4, 0.5) is 0 Å². The minimum Gasteiger partial charge on any atom is -0.497 e. The lowest BCUT2D eigenvalue weighted by atomic mass is 9.84. The zero-order chi connectivity index (χ0) is 45.4. The number of aromatic nitrogens is 1. The quantitative estimate of drug-likeness (QED) is 0.129. The second-order valence-corrected chi connectivity index (χ2v) is 20.8. The van der Waals surface area contributed by atoms with Crippen LogP contribution < -0.4 is 24.8 Å². The van der Waals surface area contributed by atoms with Crippen LogP contribution in [0, 0.1) is 17.3 Å². The Morgan fingerprint density at radius 3 is 2.28 bits per heavy atom. The third-order valence-corrected chi connectivity index (χ3v) is 15.4. The van der Waals surface area contributed by atoms with Gasteiger partial charge in [-0.1, -0.05) is 87.5 Å². The van der Waals surface area contributed by atoms with Gasteiger partial charge in [0.25, 0.3) is 5.91 Å². The molecule has 2 saturated carbocycles. The van der Waals surface area contributed by atoms with Crippen molar-refractivity contribution in [1.82, 2.24) is 25.2 Å². The van der Waals surface area contributed by atoms with Crippen molar-refractivity contribution in [3.8, 4) is 22.8 Å². The predicted molar refractivity (Wildman–Crippen MR) is 242 cm³/mol. The molecule has 1 aromatic heterocycles. The minimum absolute atomic E-state index is 0.0257. The van der Waals surface area contributed by atoms with Gasteiger partial charge in [-0.3, -0.25) is 23.9 Å². The molecule has 64 heavy (non-hydrogen) atoms. The Kier molecular flexibility index (Phi) is 12.3. The van der Waals surface area contributed by atoms with Gasteiger partial charge in [0.15, 0.2) is 0 Å². The maximum Gasteiger partial charge on any atom is 0.259 e. The van der Waals surface area contributed by atoms with Crippen LogP contribution in [0.3, 0.4) is 0 Å². The molecule has 2 saturated heterocycles. The fourth-order valence-electron chi connectivity index (χ4n) is 9.05. The third-order valence-electron chi connectivity index (χ3n) is 13.2. The van der Waals surface area contributed by atoms with Gasteiger partial charge in [0.05, 0.1) is 29.6 Å². The van der Waals surface area contributed by atoms with E-state index in [1.807, 2.05) is 99.6 Å². The topological polar surface area (TPSA) is 182 Å². The Labute approximate surface area is 374 Å². The Morgan fingerprint density at radius 1 is 0.969 bits per heavy atom. The number of carbonyl (C=O) groups is 4. The zero-order valence-corrected chi connectivity index (χ0v) is 37.6. The summed E-state index contributed by atoms with van der Waals surface area (Å²) in [6, 6.07) is 24.0. The van der Waals surface area contributed by atoms with Crippen LogP contribution in [0.1, 0.15) is 64.9 Å². The molecule has 4 aromatic rings. The third kappa shape index (κ3) is 9.10. The van der Waals surface area contributed by atoms with Crippen molar-refractivity contribution >= 4 is 44.6 Å². The van der Waals surface area contributed by atoms with E-state index < -0.39 is 67.6 Å². The number of sulfonamides is 1. The highest BCUT2D eigenvalue weighted by Crippen LogP contribution is 2.49. The van der Waals surface area contributed by atoms with E-state index >= 15 is 0 Å². The van der Waals surface area contributed by atoms with Gasteiger partial charge in [-0.05, 0) is 61.6 Å². The summed E-state index contributed by atoms with van der Waals surface area (Å²) in [5.74, 6) is -2.06. The Morgan fingerprint density at radius 2 is 1.66 bits per heavy atom. The summed E-state index contributed by atoms with van der Waals surface area (Å²) >= 11 is 0. The van der Waals surface area contributed by atoms with Crippen LogP contribution in [0.2, 0.25) is 0 Å². The van der Waals surface area contributed by atoms with Gasteiger partial charge >= 0.3 is 0 Å². The summed E-state index contributed by atoms with van der Waals surface area (Å²) in [6.45, 7) is 10.3. The molecular weight excluding hydrogens is 835 g/mol. The van der Waals surface area contributed by atoms with Crippen LogP contribution in [-0.4, -0.2) is 97.3 Å². The maximum atomic E-state index is 15.0. The lowest BCUT2D eigenvalue weighted by molar-refractivity contribution is -0.145. The van der Waals surface area contributed by atoms with Crippen LogP contribution in [0.5, 0.6) is 11.5 Å². The molecule has 8 rings (SSSR count). The number of benzene rings is 3. The molecule has 2 aliphatic heterocycles. The van der Waals surface area contributed by atoms with Crippen molar-refractivity contribution in [2.45, 2.75) is 94.2 Å². The van der Waals surface area contributed by atoms with Crippen LogP contribution in [0.25, 0.3) is 22.2 Å². The van der Waals surface area contributed by atoms with Gasteiger partial charge < -0.3 is 29.7 Å². The number of nitrogens with one attached hydrogen (secondary N) is 3. The molecule has 4 amide bonds. The largest absolute Gasteiger partial charge is 0.497 e. The molecule has 3 N–H and O–H groups in total. The lowest BCUT2D eigenvalue weighted by Crippen LogP contribution is -2.60. The molecule has 2 aliphatic carbocycles. The monoisotopic (exact) mass is 891 g/mol. The number of likely N-dealkylation sites (tertiary alicyclic amines) is 1. The summed E-state index contributed by atoms with van der Waals surface area (Å²) in [5.41, 5.74) is 0.556. The molecule has 0 radical (unpaired) electrons. The maximum absolute atomic E-state index is 15.0. The Bertz CT molecular complexity index is 2540. The first kappa shape index (κ1) is 44.8. The molecule has 0 bridgehead atoms. The highest BCUT2D eigenvalue weighted by molar-refractivity contribution is 7.91. The van der Waals surface area contributed by atoms with Crippen molar-refractivity contribution < 1.29 is 41.8 Å². The second-order valence-electron chi connectivity index (χ2n) is 18.7. The number of hydrogen-bond acceptors (Lipinski definition) is 10. The highest BCUT2D eigenvalue weighted by Gasteiger charge is 2.63. The summed E-state index contributed by atoms with van der Waals surface area (Å²) in [4.78, 5) is 64.0. The minimum atomic E-state index is -4.17. The number of fused-ring (bicyclic) bond motifs is 1. The lowest BCUT2D eigenvalue weighted by Gasteiger charge is -2.36. The first-order valence-corrected chi connectivity index (χ1v) is 23.5. The van der Waals surface area contributed by atoms with Crippen LogP contribution in [0.15, 0.2) is 97.6 Å². The number of carbonyl (C=O) groups excluding carboxylic acids is 4. The normalized spacial score (nSPS) is 23.4. The SMILES string of the molecule is C=C[C@H]1C[C@@]1(NC(=O)[C@@H]1C[C@@H](Oc2cc(-c3ccccc3)nc3cc(OC)ccc23)CN1C(=O)[C@@H](NC(=O)C1CCOCC1)C(C)(C)C)C(=O)NS(=O)(=O)C1(Cc2ccccc2)CC1. The number of rotatable bonds is 15. The fourth-order valence-corrected chi connectivity index (χ4v) is 10.7. The Balaban J connectivity index is 1.10. The molecule has 4 aliphatic rings. The number of nitrogens with zero attached hydrogens (tertiary/aromatic N) is 2. The highest BCUT2D eigenvalue weighted by atomic mass is 32.2.